The molecule has 1 rings (SSSR count). The molecule has 14 heteroatoms. The van der Waals surface area contributed by atoms with Gasteiger partial charge in [0, 0.05) is 12.8 Å². The van der Waals surface area contributed by atoms with E-state index in [9.17, 15) is 44.6 Å². The summed E-state index contributed by atoms with van der Waals surface area (Å²) in [5.74, 6) is -1.21. The average Bonchev–Trinajstić information content (AvgIpc) is 3.19. The third kappa shape index (κ3) is 26.1. The molecule has 0 amide bonds. The highest BCUT2D eigenvalue weighted by atomic mass is 31.2. The summed E-state index contributed by atoms with van der Waals surface area (Å²) in [6.07, 6.45) is 27.1. The number of ether oxygens (including phenoxy) is 2. The van der Waals surface area contributed by atoms with Crippen LogP contribution in [0.3, 0.4) is 0 Å². The Morgan fingerprint density at radius 1 is 0.561 bits per heavy atom. The van der Waals surface area contributed by atoms with Crippen LogP contribution in [0.5, 0.6) is 0 Å². The van der Waals surface area contributed by atoms with E-state index in [0.29, 0.717) is 19.3 Å². The molecule has 13 nitrogen and oxygen atoms in total. The van der Waals surface area contributed by atoms with Crippen molar-refractivity contribution in [3.8, 4) is 0 Å². The molecule has 6 N–H and O–H groups in total. The summed E-state index contributed by atoms with van der Waals surface area (Å²) in [5, 5.41) is 50.0. The van der Waals surface area contributed by atoms with Crippen molar-refractivity contribution in [2.45, 2.75) is 172 Å². The number of phosphoric acid groups is 1. The third-order valence-electron chi connectivity index (χ3n) is 9.08. The molecule has 1 aliphatic carbocycles. The van der Waals surface area contributed by atoms with Crippen LogP contribution >= 0.6 is 7.82 Å². The topological polar surface area (TPSA) is 210 Å². The van der Waals surface area contributed by atoms with E-state index in [1.54, 1.807) is 0 Å². The van der Waals surface area contributed by atoms with Crippen LogP contribution in [0.4, 0.5) is 0 Å². The number of aliphatic hydroxyl groups excluding tert-OH is 5. The second-order valence-electron chi connectivity index (χ2n) is 14.1. The van der Waals surface area contributed by atoms with Gasteiger partial charge in [-0.15, -0.1) is 0 Å². The van der Waals surface area contributed by atoms with Gasteiger partial charge in [-0.25, -0.2) is 4.57 Å². The maximum absolute atomic E-state index is 12.7. The number of phosphoric ester groups is 1. The highest BCUT2D eigenvalue weighted by Crippen LogP contribution is 2.47. The first-order chi connectivity index (χ1) is 27.4. The lowest BCUT2D eigenvalue weighted by atomic mass is 9.85. The molecule has 6 unspecified atom stereocenters. The minimum Gasteiger partial charge on any atom is -0.462 e. The van der Waals surface area contributed by atoms with Gasteiger partial charge in [-0.1, -0.05) is 138 Å². The highest BCUT2D eigenvalue weighted by Gasteiger charge is 2.51. The predicted octanol–water partition coefficient (Wildman–Crippen LogP) is 7.16. The van der Waals surface area contributed by atoms with Crippen molar-refractivity contribution in [1.82, 2.24) is 0 Å². The summed E-state index contributed by atoms with van der Waals surface area (Å²) in [7, 11) is -5.13. The summed E-state index contributed by atoms with van der Waals surface area (Å²) in [6, 6.07) is 0. The molecule has 6 atom stereocenters. The van der Waals surface area contributed by atoms with Gasteiger partial charge in [0.2, 0.25) is 0 Å². The summed E-state index contributed by atoms with van der Waals surface area (Å²) in [6.45, 7) is 3.06. The Morgan fingerprint density at radius 3 is 1.49 bits per heavy atom. The van der Waals surface area contributed by atoms with Gasteiger partial charge >= 0.3 is 19.8 Å². The molecule has 1 fully saturated rings. The van der Waals surface area contributed by atoms with E-state index in [0.717, 1.165) is 57.8 Å². The van der Waals surface area contributed by atoms with E-state index in [4.69, 9.17) is 18.5 Å². The van der Waals surface area contributed by atoms with E-state index in [2.05, 4.69) is 68.5 Å². The molecule has 326 valence electrons. The third-order valence-corrected chi connectivity index (χ3v) is 10.1. The summed E-state index contributed by atoms with van der Waals surface area (Å²) < 4.78 is 33.3. The van der Waals surface area contributed by atoms with Crippen molar-refractivity contribution < 1.29 is 63.1 Å². The number of carbonyl (C=O) groups is 2. The lowest BCUT2D eigenvalue weighted by Crippen LogP contribution is -2.64. The maximum Gasteiger partial charge on any atom is 0.472 e. The average molecular weight is 827 g/mol. The fourth-order valence-electron chi connectivity index (χ4n) is 5.72. The molecule has 0 heterocycles. The van der Waals surface area contributed by atoms with Gasteiger partial charge in [0.05, 0.1) is 6.61 Å². The molecule has 0 saturated heterocycles. The first-order valence-corrected chi connectivity index (χ1v) is 22.2. The Balaban J connectivity index is 2.56. The van der Waals surface area contributed by atoms with Crippen molar-refractivity contribution in [1.29, 1.82) is 0 Å². The number of carbonyl (C=O) groups excluding carboxylic acids is 2. The number of hydrogen-bond donors (Lipinski definition) is 6. The van der Waals surface area contributed by atoms with Gasteiger partial charge < -0.3 is 39.9 Å². The molecule has 0 bridgehead atoms. The van der Waals surface area contributed by atoms with Gasteiger partial charge in [-0.05, 0) is 51.4 Å². The van der Waals surface area contributed by atoms with E-state index in [-0.39, 0.29) is 12.8 Å². The Morgan fingerprint density at radius 2 is 1.00 bits per heavy atom. The molecule has 0 aromatic carbocycles. The Hall–Kier alpha value is -2.71. The Kier molecular flexibility index (Phi) is 30.4. The van der Waals surface area contributed by atoms with Crippen LogP contribution in [0.2, 0.25) is 0 Å². The zero-order chi connectivity index (χ0) is 42.2. The van der Waals surface area contributed by atoms with Crippen molar-refractivity contribution in [3.05, 3.63) is 72.9 Å². The monoisotopic (exact) mass is 826 g/mol. The van der Waals surface area contributed by atoms with E-state index in [1.165, 1.54) is 25.7 Å². The normalized spacial score (nSPS) is 23.4. The lowest BCUT2D eigenvalue weighted by Gasteiger charge is -2.41. The molecule has 0 aromatic rings. The summed E-state index contributed by atoms with van der Waals surface area (Å²) in [5.41, 5.74) is 0. The molecule has 0 spiro atoms. The predicted molar refractivity (Wildman–Crippen MR) is 221 cm³/mol. The molecule has 0 aliphatic heterocycles. The molecule has 0 radical (unpaired) electrons. The summed E-state index contributed by atoms with van der Waals surface area (Å²) >= 11 is 0. The molecule has 57 heavy (non-hydrogen) atoms. The van der Waals surface area contributed by atoms with E-state index in [1.807, 2.05) is 18.2 Å². The van der Waals surface area contributed by atoms with Crippen molar-refractivity contribution in [2.75, 3.05) is 13.2 Å². The highest BCUT2D eigenvalue weighted by molar-refractivity contribution is 7.47. The number of esters is 2. The zero-order valence-electron chi connectivity index (χ0n) is 34.1. The van der Waals surface area contributed by atoms with Gasteiger partial charge in [0.1, 0.15) is 43.2 Å². The zero-order valence-corrected chi connectivity index (χ0v) is 35.0. The minimum atomic E-state index is -5.13. The van der Waals surface area contributed by atoms with Crippen LogP contribution < -0.4 is 0 Å². The fraction of sp³-hybridized carbons (Fsp3) is 0.674. The standard InChI is InChI=1S/C43H71O13P/c1-3-5-7-9-11-13-14-15-16-17-18-19-20-21-22-24-26-28-30-32-37(45)55-35(33-53-36(44)31-29-27-25-23-12-10-8-6-4-2)34-54-57(51,52)56-43-41(49)39(47)38(46)40(48)42(43)50/h5,7,11,13,15-16,18-19,21-22,26,28,35,38-43,46-50H,3-4,6,8-10,12,14,17,20,23-25,27,29-34H2,1-2H3,(H,51,52)/b7-5-,13-11-,16-15-,19-18-,22-21-,28-26-. The van der Waals surface area contributed by atoms with E-state index < -0.39 is 75.7 Å². The van der Waals surface area contributed by atoms with Crippen molar-refractivity contribution >= 4 is 19.8 Å². The van der Waals surface area contributed by atoms with Crippen LogP contribution in [0.25, 0.3) is 0 Å². The first kappa shape index (κ1) is 52.3. The molecular formula is C43H71O13P. The van der Waals surface area contributed by atoms with Crippen LogP contribution in [-0.2, 0) is 32.7 Å². The first-order valence-electron chi connectivity index (χ1n) is 20.7. The molecule has 1 aliphatic rings. The lowest BCUT2D eigenvalue weighted by molar-refractivity contribution is -0.220. The van der Waals surface area contributed by atoms with Gasteiger partial charge in [-0.3, -0.25) is 18.6 Å². The quantitative estimate of drug-likeness (QED) is 0.0172. The van der Waals surface area contributed by atoms with Crippen molar-refractivity contribution in [2.24, 2.45) is 0 Å². The second kappa shape index (κ2) is 33.2. The number of allylic oxidation sites excluding steroid dienone is 12. The van der Waals surface area contributed by atoms with Crippen LogP contribution in [0.15, 0.2) is 72.9 Å². The Bertz CT molecular complexity index is 1280. The summed E-state index contributed by atoms with van der Waals surface area (Å²) in [4.78, 5) is 35.4. The van der Waals surface area contributed by atoms with Gasteiger partial charge in [0.15, 0.2) is 6.10 Å². The molecular weight excluding hydrogens is 755 g/mol. The second-order valence-corrected chi connectivity index (χ2v) is 15.5. The largest absolute Gasteiger partial charge is 0.472 e. The van der Waals surface area contributed by atoms with Gasteiger partial charge in [-0.2, -0.15) is 0 Å². The van der Waals surface area contributed by atoms with Crippen molar-refractivity contribution in [3.63, 3.8) is 0 Å². The van der Waals surface area contributed by atoms with Crippen LogP contribution in [0.1, 0.15) is 129 Å². The maximum atomic E-state index is 12.7. The number of aliphatic hydroxyl groups is 5. The SMILES string of the molecule is CC/C=C\C/C=C\C/C=C\C/C=C\C/C=C\C/C=C\CCC(=O)OC(COC(=O)CCCCCCCCCCC)COP(=O)(O)OC1C(O)C(O)C(O)C(O)C1O. The van der Waals surface area contributed by atoms with E-state index >= 15 is 0 Å². The smallest absolute Gasteiger partial charge is 0.462 e. The fourth-order valence-corrected chi connectivity index (χ4v) is 6.70. The molecule has 0 aromatic heterocycles. The number of unbranched alkanes of at least 4 members (excludes halogenated alkanes) is 8. The number of rotatable bonds is 32. The van der Waals surface area contributed by atoms with Crippen LogP contribution in [0, 0.1) is 0 Å². The Labute approximate surface area is 340 Å². The van der Waals surface area contributed by atoms with Gasteiger partial charge in [0.25, 0.3) is 0 Å². The minimum absolute atomic E-state index is 0.0308. The number of hydrogen-bond acceptors (Lipinski definition) is 12. The van der Waals surface area contributed by atoms with Crippen LogP contribution in [-0.4, -0.2) is 98.3 Å². The molecule has 1 saturated carbocycles.